The minimum absolute atomic E-state index is 0.0295. The van der Waals surface area contributed by atoms with E-state index in [1.165, 1.54) is 11.6 Å². The fourth-order valence-electron chi connectivity index (χ4n) is 9.67. The Hall–Kier alpha value is -11.2. The van der Waals surface area contributed by atoms with Gasteiger partial charge in [0.15, 0.2) is 0 Å². The van der Waals surface area contributed by atoms with Gasteiger partial charge in [0.2, 0.25) is 0 Å². The lowest BCUT2D eigenvalue weighted by molar-refractivity contribution is 0.450. The van der Waals surface area contributed by atoms with Crippen LogP contribution in [0.2, 0.25) is 0 Å². The third kappa shape index (κ3) is 13.2. The topological polar surface area (TPSA) is 114 Å². The van der Waals surface area contributed by atoms with Crippen molar-refractivity contribution >= 4 is 68.2 Å². The van der Waals surface area contributed by atoms with Crippen molar-refractivity contribution in [1.29, 1.82) is 0 Å². The lowest BCUT2D eigenvalue weighted by Gasteiger charge is -2.26. The SMILES string of the molecule is Cc1cccc(N(c2ccccc2)c2ccc(-c3ccc(N(c4ccccc4)c4cccc(O)c4)cc3)cc2)c1.Oc1cc(O)cc(N(c2ccccc2)c2ccccc2)c1.Oc1cccc(O)c1N(c1ccccc1)c1ccccc1. The molecule has 0 spiro atoms. The van der Waals surface area contributed by atoms with Crippen LogP contribution in [0.3, 0.4) is 0 Å². The van der Waals surface area contributed by atoms with Gasteiger partial charge in [-0.25, -0.2) is 0 Å². The van der Waals surface area contributed by atoms with E-state index in [0.29, 0.717) is 11.4 Å². The maximum Gasteiger partial charge on any atom is 0.143 e. The number of phenols is 5. The van der Waals surface area contributed by atoms with Crippen LogP contribution in [0.15, 0.2) is 315 Å². The summed E-state index contributed by atoms with van der Waals surface area (Å²) in [6.45, 7) is 2.12. The summed E-state index contributed by atoms with van der Waals surface area (Å²) < 4.78 is 0. The summed E-state index contributed by atoms with van der Waals surface area (Å²) in [7, 11) is 0. The van der Waals surface area contributed by atoms with Gasteiger partial charge in [0.25, 0.3) is 0 Å². The normalized spacial score (nSPS) is 10.5. The molecule has 402 valence electrons. The van der Waals surface area contributed by atoms with Crippen molar-refractivity contribution in [3.63, 3.8) is 0 Å². The molecule has 0 bridgehead atoms. The van der Waals surface area contributed by atoms with Crippen LogP contribution < -0.4 is 19.6 Å². The highest BCUT2D eigenvalue weighted by molar-refractivity contribution is 5.85. The first-order chi connectivity index (χ1) is 40.2. The third-order valence-electron chi connectivity index (χ3n) is 13.4. The van der Waals surface area contributed by atoms with Crippen molar-refractivity contribution < 1.29 is 25.5 Å². The molecule has 12 aromatic rings. The van der Waals surface area contributed by atoms with Crippen LogP contribution in [0.25, 0.3) is 11.1 Å². The van der Waals surface area contributed by atoms with Gasteiger partial charge in [0.05, 0.1) is 5.69 Å². The first kappa shape index (κ1) is 54.2. The fourth-order valence-corrected chi connectivity index (χ4v) is 9.67. The van der Waals surface area contributed by atoms with E-state index in [4.69, 9.17) is 0 Å². The molecule has 0 saturated heterocycles. The van der Waals surface area contributed by atoms with Crippen molar-refractivity contribution in [1.82, 2.24) is 0 Å². The van der Waals surface area contributed by atoms with E-state index in [-0.39, 0.29) is 28.7 Å². The molecule has 5 N–H and O–H groups in total. The number of aromatic hydroxyl groups is 5. The van der Waals surface area contributed by atoms with E-state index >= 15 is 0 Å². The minimum atomic E-state index is 0.0295. The predicted molar refractivity (Wildman–Crippen MR) is 337 cm³/mol. The molecule has 0 fully saturated rings. The maximum absolute atomic E-state index is 10.2. The van der Waals surface area contributed by atoms with Crippen molar-refractivity contribution in [2.24, 2.45) is 0 Å². The van der Waals surface area contributed by atoms with E-state index < -0.39 is 0 Å². The number of hydrogen-bond acceptors (Lipinski definition) is 9. The summed E-state index contributed by atoms with van der Waals surface area (Å²) in [5.41, 5.74) is 14.5. The molecule has 0 aliphatic heterocycles. The van der Waals surface area contributed by atoms with Gasteiger partial charge in [-0.15, -0.1) is 0 Å². The van der Waals surface area contributed by atoms with Gasteiger partial charge in [0, 0.05) is 81.1 Å². The number of benzene rings is 12. The Kier molecular flexibility index (Phi) is 17.2. The minimum Gasteiger partial charge on any atom is -0.508 e. The smallest absolute Gasteiger partial charge is 0.143 e. The largest absolute Gasteiger partial charge is 0.508 e. The van der Waals surface area contributed by atoms with Crippen LogP contribution in [0.5, 0.6) is 28.7 Å². The van der Waals surface area contributed by atoms with Crippen LogP contribution in [0.1, 0.15) is 5.56 Å². The molecule has 0 aliphatic carbocycles. The zero-order valence-corrected chi connectivity index (χ0v) is 45.0. The fraction of sp³-hybridized carbons (Fsp3) is 0.0137. The van der Waals surface area contributed by atoms with Gasteiger partial charge in [0.1, 0.15) is 34.4 Å². The molecule has 9 nitrogen and oxygen atoms in total. The van der Waals surface area contributed by atoms with E-state index in [2.05, 4.69) is 126 Å². The molecule has 0 saturated carbocycles. The van der Waals surface area contributed by atoms with Gasteiger partial charge in [-0.2, -0.15) is 0 Å². The van der Waals surface area contributed by atoms with Gasteiger partial charge in [-0.1, -0.05) is 158 Å². The van der Waals surface area contributed by atoms with Gasteiger partial charge >= 0.3 is 0 Å². The summed E-state index contributed by atoms with van der Waals surface area (Å²) in [4.78, 5) is 8.23. The van der Waals surface area contributed by atoms with Gasteiger partial charge < -0.3 is 45.1 Å². The van der Waals surface area contributed by atoms with Crippen LogP contribution in [-0.2, 0) is 0 Å². The number of anilines is 12. The molecule has 12 aromatic carbocycles. The lowest BCUT2D eigenvalue weighted by atomic mass is 10.0. The molecule has 0 heterocycles. The number of para-hydroxylation sites is 7. The highest BCUT2D eigenvalue weighted by Crippen LogP contribution is 2.45. The number of nitrogens with zero attached hydrogens (tertiary/aromatic N) is 4. The molecule has 82 heavy (non-hydrogen) atoms. The number of rotatable bonds is 13. The van der Waals surface area contributed by atoms with Crippen molar-refractivity contribution in [2.75, 3.05) is 19.6 Å². The molecular formula is C73H60N4O5. The average Bonchev–Trinajstić information content (AvgIpc) is 3.61. The second-order valence-corrected chi connectivity index (χ2v) is 19.2. The zero-order valence-electron chi connectivity index (χ0n) is 45.0. The summed E-state index contributed by atoms with van der Waals surface area (Å²) in [5, 5.41) is 50.0. The highest BCUT2D eigenvalue weighted by Gasteiger charge is 2.20. The summed E-state index contributed by atoms with van der Waals surface area (Å²) in [5.74, 6) is 0.361. The summed E-state index contributed by atoms with van der Waals surface area (Å²) in [6, 6.07) is 102. The van der Waals surface area contributed by atoms with Crippen molar-refractivity contribution in [3.8, 4) is 39.9 Å². The van der Waals surface area contributed by atoms with Crippen LogP contribution in [0, 0.1) is 6.92 Å². The standard InChI is InChI=1S/C37H30N2O.2C18H15NO2/c1-28-10-8-15-35(26-28)38(31-11-4-2-5-12-31)33-22-18-29(19-23-33)30-20-24-34(25-21-30)39(32-13-6-3-7-14-32)36-16-9-17-37(40)27-36;20-16-12-7-13-17(21)18(16)19(14-8-3-1-4-9-14)15-10-5-2-6-11-15;20-17-11-16(12-18(21)13-17)19(14-7-3-1-4-8-14)15-9-5-2-6-10-15/h2-27,40H,1H3;2*1-13,20-21H. The van der Waals surface area contributed by atoms with Gasteiger partial charge in [-0.3, -0.25) is 0 Å². The highest BCUT2D eigenvalue weighted by atomic mass is 16.3. The second-order valence-electron chi connectivity index (χ2n) is 19.2. The third-order valence-corrected chi connectivity index (χ3v) is 13.4. The Morgan fingerprint density at radius 1 is 0.207 bits per heavy atom. The van der Waals surface area contributed by atoms with Crippen LogP contribution in [0.4, 0.5) is 68.2 Å². The van der Waals surface area contributed by atoms with E-state index in [1.54, 1.807) is 42.5 Å². The lowest BCUT2D eigenvalue weighted by Crippen LogP contribution is -2.10. The summed E-state index contributed by atoms with van der Waals surface area (Å²) in [6.07, 6.45) is 0. The van der Waals surface area contributed by atoms with Gasteiger partial charge in [-0.05, 0) is 157 Å². The second kappa shape index (κ2) is 26.0. The predicted octanol–water partition coefficient (Wildman–Crippen LogP) is 19.4. The van der Waals surface area contributed by atoms with E-state index in [1.807, 2.05) is 168 Å². The number of phenolic OH excluding ortho intramolecular Hbond substituents is 5. The molecule has 0 aromatic heterocycles. The molecule has 0 atom stereocenters. The number of aryl methyl sites for hydroxylation is 1. The molecule has 0 unspecified atom stereocenters. The Labute approximate surface area is 478 Å². The number of hydrogen-bond donors (Lipinski definition) is 5. The molecular weight excluding hydrogens is 1010 g/mol. The molecule has 9 heteroatoms. The quantitative estimate of drug-likeness (QED) is 0.0770. The Balaban J connectivity index is 0.000000151. The first-order valence-corrected chi connectivity index (χ1v) is 26.8. The monoisotopic (exact) mass is 1070 g/mol. The first-order valence-electron chi connectivity index (χ1n) is 26.8. The van der Waals surface area contributed by atoms with Crippen molar-refractivity contribution in [3.05, 3.63) is 321 Å². The van der Waals surface area contributed by atoms with E-state index in [9.17, 15) is 25.5 Å². The molecule has 12 rings (SSSR count). The van der Waals surface area contributed by atoms with E-state index in [0.717, 1.165) is 68.0 Å². The summed E-state index contributed by atoms with van der Waals surface area (Å²) >= 11 is 0. The molecule has 0 aliphatic rings. The van der Waals surface area contributed by atoms with Crippen LogP contribution >= 0.6 is 0 Å². The average molecular weight is 1070 g/mol. The molecule has 0 amide bonds. The Bertz CT molecular complexity index is 3680. The Morgan fingerprint density at radius 2 is 0.488 bits per heavy atom. The Morgan fingerprint density at radius 3 is 0.841 bits per heavy atom. The van der Waals surface area contributed by atoms with Crippen molar-refractivity contribution in [2.45, 2.75) is 6.92 Å². The molecule has 0 radical (unpaired) electrons. The maximum atomic E-state index is 10.2. The zero-order chi connectivity index (χ0) is 56.6. The van der Waals surface area contributed by atoms with Crippen LogP contribution in [-0.4, -0.2) is 25.5 Å².